The Hall–Kier alpha value is -1.18. The molecule has 0 saturated heterocycles. The minimum atomic E-state index is 0.133. The van der Waals surface area contributed by atoms with Crippen LogP contribution in [0.2, 0.25) is 0 Å². The van der Waals surface area contributed by atoms with Gasteiger partial charge in [0.05, 0.1) is 0 Å². The van der Waals surface area contributed by atoms with E-state index in [0.717, 1.165) is 17.8 Å². The molecule has 72 valence electrons. The van der Waals surface area contributed by atoms with Crippen molar-refractivity contribution in [3.63, 3.8) is 0 Å². The number of nitrogen functional groups attached to an aromatic ring is 1. The second-order valence-electron chi connectivity index (χ2n) is 3.99. The third-order valence-electron chi connectivity index (χ3n) is 2.25. The normalized spacial score (nSPS) is 11.3. The maximum Gasteiger partial charge on any atom is 0.0364 e. The number of anilines is 2. The van der Waals surface area contributed by atoms with Crippen LogP contribution in [0.4, 0.5) is 11.4 Å². The van der Waals surface area contributed by atoms with E-state index in [-0.39, 0.29) is 5.54 Å². The van der Waals surface area contributed by atoms with Gasteiger partial charge >= 0.3 is 0 Å². The topological polar surface area (TPSA) is 38.0 Å². The first-order valence-electron chi connectivity index (χ1n) is 4.67. The third kappa shape index (κ3) is 2.98. The van der Waals surface area contributed by atoms with Gasteiger partial charge in [0.15, 0.2) is 0 Å². The lowest BCUT2D eigenvalue weighted by molar-refractivity contribution is 0.547. The van der Waals surface area contributed by atoms with Gasteiger partial charge in [-0.25, -0.2) is 0 Å². The fraction of sp³-hybridized carbons (Fsp3) is 0.455. The highest BCUT2D eigenvalue weighted by molar-refractivity contribution is 5.55. The second-order valence-corrected chi connectivity index (χ2v) is 3.99. The Morgan fingerprint density at radius 1 is 1.38 bits per heavy atom. The second kappa shape index (κ2) is 3.69. The Labute approximate surface area is 80.1 Å². The predicted molar refractivity (Wildman–Crippen MR) is 58.8 cm³/mol. The monoisotopic (exact) mass is 178 g/mol. The van der Waals surface area contributed by atoms with Crippen LogP contribution in [-0.4, -0.2) is 5.54 Å². The van der Waals surface area contributed by atoms with E-state index in [4.69, 9.17) is 5.73 Å². The van der Waals surface area contributed by atoms with Crippen LogP contribution in [0.25, 0.3) is 0 Å². The van der Waals surface area contributed by atoms with Gasteiger partial charge in [0.1, 0.15) is 0 Å². The minimum absolute atomic E-state index is 0.133. The van der Waals surface area contributed by atoms with Gasteiger partial charge in [-0.2, -0.15) is 0 Å². The van der Waals surface area contributed by atoms with Gasteiger partial charge in [0.2, 0.25) is 0 Å². The zero-order valence-electron chi connectivity index (χ0n) is 8.59. The molecule has 0 aliphatic heterocycles. The molecule has 0 atom stereocenters. The minimum Gasteiger partial charge on any atom is -0.399 e. The molecule has 0 aliphatic rings. The molecule has 0 aromatic heterocycles. The summed E-state index contributed by atoms with van der Waals surface area (Å²) in [5, 5.41) is 3.43. The van der Waals surface area contributed by atoms with Crippen molar-refractivity contribution in [2.75, 3.05) is 11.1 Å². The van der Waals surface area contributed by atoms with Crippen LogP contribution in [0.15, 0.2) is 24.3 Å². The van der Waals surface area contributed by atoms with Gasteiger partial charge in [0.25, 0.3) is 0 Å². The average molecular weight is 178 g/mol. The van der Waals surface area contributed by atoms with Crippen molar-refractivity contribution in [2.45, 2.75) is 32.7 Å². The van der Waals surface area contributed by atoms with Crippen molar-refractivity contribution in [3.05, 3.63) is 24.3 Å². The van der Waals surface area contributed by atoms with E-state index in [9.17, 15) is 0 Å². The lowest BCUT2D eigenvalue weighted by Crippen LogP contribution is -2.29. The highest BCUT2D eigenvalue weighted by Crippen LogP contribution is 2.19. The summed E-state index contributed by atoms with van der Waals surface area (Å²) in [6.07, 6.45) is 1.09. The summed E-state index contributed by atoms with van der Waals surface area (Å²) in [6, 6.07) is 7.85. The number of hydrogen-bond acceptors (Lipinski definition) is 2. The molecule has 1 aromatic rings. The van der Waals surface area contributed by atoms with Crippen LogP contribution in [0.1, 0.15) is 27.2 Å². The summed E-state index contributed by atoms with van der Waals surface area (Å²) >= 11 is 0. The van der Waals surface area contributed by atoms with E-state index >= 15 is 0 Å². The van der Waals surface area contributed by atoms with Crippen molar-refractivity contribution in [2.24, 2.45) is 0 Å². The van der Waals surface area contributed by atoms with E-state index < -0.39 is 0 Å². The number of benzene rings is 1. The van der Waals surface area contributed by atoms with Crippen molar-refractivity contribution in [1.82, 2.24) is 0 Å². The van der Waals surface area contributed by atoms with Gasteiger partial charge in [-0.05, 0) is 38.5 Å². The number of rotatable bonds is 3. The van der Waals surface area contributed by atoms with Crippen molar-refractivity contribution in [1.29, 1.82) is 0 Å². The molecule has 0 unspecified atom stereocenters. The maximum absolute atomic E-state index is 5.68. The Morgan fingerprint density at radius 3 is 2.62 bits per heavy atom. The predicted octanol–water partition coefficient (Wildman–Crippen LogP) is 2.87. The van der Waals surface area contributed by atoms with Gasteiger partial charge in [-0.1, -0.05) is 13.0 Å². The van der Waals surface area contributed by atoms with Crippen molar-refractivity contribution in [3.8, 4) is 0 Å². The molecule has 0 spiro atoms. The standard InChI is InChI=1S/C11H18N2/c1-4-11(2,3)13-10-7-5-6-9(12)8-10/h5-8,13H,4,12H2,1-3H3. The molecule has 0 saturated carbocycles. The number of nitrogens with one attached hydrogen (secondary N) is 1. The molecule has 1 aromatic carbocycles. The number of nitrogens with two attached hydrogens (primary N) is 1. The van der Waals surface area contributed by atoms with Crippen LogP contribution in [0.5, 0.6) is 0 Å². The van der Waals surface area contributed by atoms with Crippen LogP contribution in [-0.2, 0) is 0 Å². The zero-order valence-corrected chi connectivity index (χ0v) is 8.59. The smallest absolute Gasteiger partial charge is 0.0364 e. The Morgan fingerprint density at radius 2 is 2.08 bits per heavy atom. The van der Waals surface area contributed by atoms with Crippen LogP contribution < -0.4 is 11.1 Å². The summed E-state index contributed by atoms with van der Waals surface area (Å²) in [6.45, 7) is 6.52. The lowest BCUT2D eigenvalue weighted by atomic mass is 10.0. The Bertz CT molecular complexity index is 279. The van der Waals surface area contributed by atoms with E-state index in [0.29, 0.717) is 0 Å². The molecule has 3 N–H and O–H groups in total. The fourth-order valence-electron chi connectivity index (χ4n) is 1.10. The van der Waals surface area contributed by atoms with Crippen LogP contribution in [0, 0.1) is 0 Å². The molecule has 0 radical (unpaired) electrons. The Balaban J connectivity index is 2.74. The average Bonchev–Trinajstić information content (AvgIpc) is 2.03. The molecule has 13 heavy (non-hydrogen) atoms. The van der Waals surface area contributed by atoms with Crippen molar-refractivity contribution < 1.29 is 0 Å². The van der Waals surface area contributed by atoms with E-state index in [1.807, 2.05) is 24.3 Å². The van der Waals surface area contributed by atoms with E-state index in [1.54, 1.807) is 0 Å². The van der Waals surface area contributed by atoms with E-state index in [1.165, 1.54) is 0 Å². The van der Waals surface area contributed by atoms with Crippen LogP contribution in [0.3, 0.4) is 0 Å². The molecule has 2 nitrogen and oxygen atoms in total. The fourth-order valence-corrected chi connectivity index (χ4v) is 1.10. The molecule has 0 fully saturated rings. The van der Waals surface area contributed by atoms with Gasteiger partial charge in [0, 0.05) is 16.9 Å². The zero-order chi connectivity index (χ0) is 9.90. The van der Waals surface area contributed by atoms with Gasteiger partial charge < -0.3 is 11.1 Å². The van der Waals surface area contributed by atoms with Crippen molar-refractivity contribution >= 4 is 11.4 Å². The molecular formula is C11H18N2. The molecular weight excluding hydrogens is 160 g/mol. The Kier molecular flexibility index (Phi) is 2.81. The largest absolute Gasteiger partial charge is 0.399 e. The first kappa shape index (κ1) is 9.90. The first-order valence-corrected chi connectivity index (χ1v) is 4.67. The summed E-state index contributed by atoms with van der Waals surface area (Å²) < 4.78 is 0. The number of hydrogen-bond donors (Lipinski definition) is 2. The quantitative estimate of drug-likeness (QED) is 0.698. The van der Waals surface area contributed by atoms with E-state index in [2.05, 4.69) is 26.1 Å². The van der Waals surface area contributed by atoms with Gasteiger partial charge in [-0.3, -0.25) is 0 Å². The summed E-state index contributed by atoms with van der Waals surface area (Å²) in [7, 11) is 0. The maximum atomic E-state index is 5.68. The lowest BCUT2D eigenvalue weighted by Gasteiger charge is -2.26. The third-order valence-corrected chi connectivity index (χ3v) is 2.25. The molecule has 0 aliphatic carbocycles. The summed E-state index contributed by atoms with van der Waals surface area (Å²) in [5.41, 5.74) is 7.70. The summed E-state index contributed by atoms with van der Waals surface area (Å²) in [4.78, 5) is 0. The van der Waals surface area contributed by atoms with Crippen LogP contribution >= 0.6 is 0 Å². The molecule has 0 bridgehead atoms. The van der Waals surface area contributed by atoms with Gasteiger partial charge in [-0.15, -0.1) is 0 Å². The SMILES string of the molecule is CCC(C)(C)Nc1cccc(N)c1. The molecule has 1 rings (SSSR count). The molecule has 0 heterocycles. The molecule has 2 heteroatoms. The highest BCUT2D eigenvalue weighted by Gasteiger charge is 2.13. The molecule has 0 amide bonds. The first-order chi connectivity index (χ1) is 6.03. The highest BCUT2D eigenvalue weighted by atomic mass is 15.0. The summed E-state index contributed by atoms with van der Waals surface area (Å²) in [5.74, 6) is 0.